The molecule has 0 spiro atoms. The van der Waals surface area contributed by atoms with Crippen LogP contribution in [0.25, 0.3) is 22.6 Å². The summed E-state index contributed by atoms with van der Waals surface area (Å²) in [6.45, 7) is 11.8. The number of aromatic nitrogens is 4. The van der Waals surface area contributed by atoms with Crippen molar-refractivity contribution in [2.45, 2.75) is 45.3 Å². The fraction of sp³-hybridized carbons (Fsp3) is 0.433. The molecule has 2 aliphatic rings. The van der Waals surface area contributed by atoms with E-state index in [1.807, 2.05) is 18.5 Å². The second-order valence-electron chi connectivity index (χ2n) is 11.0. The number of hydrogen-bond acceptors (Lipinski definition) is 7. The van der Waals surface area contributed by atoms with E-state index >= 15 is 0 Å². The minimum Gasteiger partial charge on any atom is -0.379 e. The third-order valence-electron chi connectivity index (χ3n) is 8.09. The molecule has 39 heavy (non-hydrogen) atoms. The van der Waals surface area contributed by atoms with Crippen molar-refractivity contribution < 1.29 is 0 Å². The number of pyridine rings is 2. The van der Waals surface area contributed by atoms with E-state index in [9.17, 15) is 0 Å². The van der Waals surface area contributed by atoms with E-state index in [0.29, 0.717) is 22.8 Å². The molecular weight excluding hydrogens is 508 g/mol. The van der Waals surface area contributed by atoms with Crippen LogP contribution in [0.5, 0.6) is 0 Å². The molecule has 6 rings (SSSR count). The first-order chi connectivity index (χ1) is 19.0. The van der Waals surface area contributed by atoms with E-state index in [0.717, 1.165) is 81.2 Å². The molecule has 2 aliphatic heterocycles. The Labute approximate surface area is 235 Å². The quantitative estimate of drug-likeness (QED) is 0.328. The van der Waals surface area contributed by atoms with Gasteiger partial charge < -0.3 is 20.1 Å². The summed E-state index contributed by atoms with van der Waals surface area (Å²) in [5.74, 6) is 0.810. The van der Waals surface area contributed by atoms with Crippen LogP contribution in [0.3, 0.4) is 0 Å². The topological polar surface area (TPSA) is 76.2 Å². The molecule has 0 aliphatic carbocycles. The Morgan fingerprint density at radius 1 is 1.00 bits per heavy atom. The molecule has 0 atom stereocenters. The molecule has 3 aromatic heterocycles. The highest BCUT2D eigenvalue weighted by atomic mass is 35.5. The molecular formula is C30H37ClN8. The van der Waals surface area contributed by atoms with E-state index in [2.05, 4.69) is 79.1 Å². The fourth-order valence-corrected chi connectivity index (χ4v) is 5.92. The highest BCUT2D eigenvalue weighted by molar-refractivity contribution is 6.34. The maximum atomic E-state index is 6.62. The number of anilines is 2. The van der Waals surface area contributed by atoms with E-state index in [1.54, 1.807) is 6.20 Å². The van der Waals surface area contributed by atoms with Gasteiger partial charge in [0.25, 0.3) is 0 Å². The van der Waals surface area contributed by atoms with Gasteiger partial charge in [-0.05, 0) is 62.6 Å². The summed E-state index contributed by atoms with van der Waals surface area (Å²) in [4.78, 5) is 24.5. The number of nitrogens with one attached hydrogen (secondary N) is 2. The van der Waals surface area contributed by atoms with Crippen LogP contribution in [0.4, 0.5) is 11.4 Å². The number of benzene rings is 1. The number of H-pyrrole nitrogens is 1. The number of halogens is 1. The molecule has 2 saturated heterocycles. The highest BCUT2D eigenvalue weighted by Crippen LogP contribution is 2.33. The van der Waals surface area contributed by atoms with Crippen molar-refractivity contribution in [3.63, 3.8) is 0 Å². The van der Waals surface area contributed by atoms with Crippen LogP contribution in [-0.4, -0.2) is 81.1 Å². The Hall–Kier alpha value is -3.20. The standard InChI is InChI=1S/C30H37ClN8/c1-21(2)38-12-9-24(10-13-38)34-27-26(31)19-33-30-28(27)35-29(36-30)23-5-7-25(8-6-23)39-16-14-37(15-17-39)20-22-4-3-11-32-18-22/h3-8,11,18-19,21,24H,9-10,12-17,20H2,1-2H3,(H2,33,34,35,36). The first-order valence-corrected chi connectivity index (χ1v) is 14.4. The lowest BCUT2D eigenvalue weighted by Crippen LogP contribution is -2.45. The Balaban J connectivity index is 1.12. The Morgan fingerprint density at radius 3 is 2.46 bits per heavy atom. The predicted octanol–water partition coefficient (Wildman–Crippen LogP) is 5.28. The van der Waals surface area contributed by atoms with Gasteiger partial charge in [0.1, 0.15) is 11.3 Å². The zero-order valence-corrected chi connectivity index (χ0v) is 23.5. The second-order valence-corrected chi connectivity index (χ2v) is 11.4. The average Bonchev–Trinajstić information content (AvgIpc) is 3.41. The summed E-state index contributed by atoms with van der Waals surface area (Å²) in [5.41, 5.74) is 6.02. The third-order valence-corrected chi connectivity index (χ3v) is 8.38. The van der Waals surface area contributed by atoms with Gasteiger partial charge in [-0.3, -0.25) is 9.88 Å². The number of piperazine rings is 1. The van der Waals surface area contributed by atoms with Crippen molar-refractivity contribution in [3.8, 4) is 11.4 Å². The van der Waals surface area contributed by atoms with Crippen molar-refractivity contribution in [3.05, 3.63) is 65.6 Å². The molecule has 5 heterocycles. The first-order valence-electron chi connectivity index (χ1n) is 14.0. The van der Waals surface area contributed by atoms with E-state index in [-0.39, 0.29) is 0 Å². The molecule has 2 N–H and O–H groups in total. The van der Waals surface area contributed by atoms with Crippen molar-refractivity contribution in [2.75, 3.05) is 49.5 Å². The van der Waals surface area contributed by atoms with Crippen LogP contribution < -0.4 is 10.2 Å². The van der Waals surface area contributed by atoms with Crippen LogP contribution >= 0.6 is 11.6 Å². The Kier molecular flexibility index (Phi) is 7.68. The summed E-state index contributed by atoms with van der Waals surface area (Å²) in [5, 5.41) is 4.33. The molecule has 4 aromatic rings. The average molecular weight is 545 g/mol. The van der Waals surface area contributed by atoms with Crippen LogP contribution in [0, 0.1) is 0 Å². The monoisotopic (exact) mass is 544 g/mol. The van der Waals surface area contributed by atoms with E-state index in [1.165, 1.54) is 11.3 Å². The van der Waals surface area contributed by atoms with E-state index in [4.69, 9.17) is 16.6 Å². The van der Waals surface area contributed by atoms with E-state index < -0.39 is 0 Å². The number of piperidine rings is 1. The Morgan fingerprint density at radius 2 is 1.77 bits per heavy atom. The fourth-order valence-electron chi connectivity index (χ4n) is 5.72. The summed E-state index contributed by atoms with van der Waals surface area (Å²) in [7, 11) is 0. The van der Waals surface area contributed by atoms with Gasteiger partial charge in [-0.1, -0.05) is 17.7 Å². The van der Waals surface area contributed by atoms with Gasteiger partial charge in [-0.2, -0.15) is 0 Å². The van der Waals surface area contributed by atoms with Crippen molar-refractivity contribution in [1.29, 1.82) is 0 Å². The number of rotatable bonds is 7. The summed E-state index contributed by atoms with van der Waals surface area (Å²) in [6.07, 6.45) is 7.69. The van der Waals surface area contributed by atoms with Crippen molar-refractivity contribution >= 4 is 34.1 Å². The summed E-state index contributed by atoms with van der Waals surface area (Å²) < 4.78 is 0. The molecule has 0 bridgehead atoms. The van der Waals surface area contributed by atoms with Gasteiger partial charge >= 0.3 is 0 Å². The van der Waals surface area contributed by atoms with Gasteiger partial charge in [-0.15, -0.1) is 0 Å². The number of likely N-dealkylation sites (tertiary alicyclic amines) is 1. The molecule has 0 saturated carbocycles. The first kappa shape index (κ1) is 26.0. The van der Waals surface area contributed by atoms with Gasteiger partial charge in [0.05, 0.1) is 16.9 Å². The lowest BCUT2D eigenvalue weighted by Gasteiger charge is -2.36. The smallest absolute Gasteiger partial charge is 0.180 e. The maximum absolute atomic E-state index is 6.62. The predicted molar refractivity (Wildman–Crippen MR) is 159 cm³/mol. The number of nitrogens with zero attached hydrogens (tertiary/aromatic N) is 6. The van der Waals surface area contributed by atoms with Gasteiger partial charge in [0, 0.05) is 81.5 Å². The number of hydrogen-bond donors (Lipinski definition) is 2. The van der Waals surface area contributed by atoms with Crippen molar-refractivity contribution in [1.82, 2.24) is 29.7 Å². The maximum Gasteiger partial charge on any atom is 0.180 e. The molecule has 8 nitrogen and oxygen atoms in total. The van der Waals surface area contributed by atoms with Crippen molar-refractivity contribution in [2.24, 2.45) is 0 Å². The zero-order valence-electron chi connectivity index (χ0n) is 22.8. The SMILES string of the molecule is CC(C)N1CCC(Nc2c(Cl)cnc3nc(-c4ccc(N5CCN(Cc6cccnc6)CC5)cc4)[nH]c23)CC1. The normalized spacial score (nSPS) is 17.8. The number of imidazole rings is 1. The molecule has 0 unspecified atom stereocenters. The molecule has 9 heteroatoms. The highest BCUT2D eigenvalue weighted by Gasteiger charge is 2.23. The lowest BCUT2D eigenvalue weighted by molar-refractivity contribution is 0.177. The Bertz CT molecular complexity index is 1370. The number of aromatic amines is 1. The van der Waals surface area contributed by atoms with Gasteiger partial charge in [0.15, 0.2) is 5.65 Å². The van der Waals surface area contributed by atoms with Crippen LogP contribution in [-0.2, 0) is 6.54 Å². The molecule has 204 valence electrons. The second kappa shape index (κ2) is 11.5. The van der Waals surface area contributed by atoms with Crippen LogP contribution in [0.1, 0.15) is 32.3 Å². The minimum atomic E-state index is 0.388. The lowest BCUT2D eigenvalue weighted by atomic mass is 10.0. The third kappa shape index (κ3) is 5.88. The zero-order chi connectivity index (χ0) is 26.8. The number of fused-ring (bicyclic) bond motifs is 1. The molecule has 2 fully saturated rings. The largest absolute Gasteiger partial charge is 0.379 e. The van der Waals surface area contributed by atoms with Crippen LogP contribution in [0.15, 0.2) is 55.0 Å². The molecule has 1 aromatic carbocycles. The summed E-state index contributed by atoms with van der Waals surface area (Å²) in [6, 6.07) is 13.8. The van der Waals surface area contributed by atoms with Gasteiger partial charge in [-0.25, -0.2) is 9.97 Å². The van der Waals surface area contributed by atoms with Gasteiger partial charge in [0.2, 0.25) is 0 Å². The molecule has 0 amide bonds. The molecule has 0 radical (unpaired) electrons. The van der Waals surface area contributed by atoms with Crippen LogP contribution in [0.2, 0.25) is 5.02 Å². The summed E-state index contributed by atoms with van der Waals surface area (Å²) >= 11 is 6.62. The minimum absolute atomic E-state index is 0.388.